The minimum Gasteiger partial charge on any atom is -0.494 e. The zero-order valence-corrected chi connectivity index (χ0v) is 11.8. The van der Waals surface area contributed by atoms with E-state index in [0.29, 0.717) is 17.4 Å². The van der Waals surface area contributed by atoms with Crippen molar-refractivity contribution in [2.45, 2.75) is 13.3 Å². The molecule has 1 rings (SSSR count). The topological polar surface area (TPSA) is 46.5 Å². The van der Waals surface area contributed by atoms with Gasteiger partial charge < -0.3 is 9.84 Å². The van der Waals surface area contributed by atoms with E-state index in [1.807, 2.05) is 12.1 Å². The van der Waals surface area contributed by atoms with Gasteiger partial charge in [0.05, 0.1) is 12.5 Å². The van der Waals surface area contributed by atoms with Gasteiger partial charge in [0.1, 0.15) is 5.75 Å². The van der Waals surface area contributed by atoms with Crippen LogP contribution in [0.15, 0.2) is 24.3 Å². The van der Waals surface area contributed by atoms with Crippen molar-refractivity contribution in [2.24, 2.45) is 5.92 Å². The van der Waals surface area contributed by atoms with Gasteiger partial charge in [-0.2, -0.15) is 11.8 Å². The smallest absolute Gasteiger partial charge is 0.307 e. The average Bonchev–Trinajstić information content (AvgIpc) is 2.35. The highest BCUT2D eigenvalue weighted by Crippen LogP contribution is 2.16. The molecule has 0 amide bonds. The zero-order valence-electron chi connectivity index (χ0n) is 10.3. The summed E-state index contributed by atoms with van der Waals surface area (Å²) in [5, 5.41) is 9.40. The molecule has 1 aromatic carbocycles. The Morgan fingerprint density at radius 1 is 1.44 bits per heavy atom. The Balaban J connectivity index is 2.05. The van der Waals surface area contributed by atoms with Gasteiger partial charge in [0.2, 0.25) is 0 Å². The number of rotatable bonds is 8. The number of carboxylic acids is 1. The van der Waals surface area contributed by atoms with Crippen LogP contribution in [-0.4, -0.2) is 29.2 Å². The van der Waals surface area contributed by atoms with Crippen molar-refractivity contribution in [1.82, 2.24) is 0 Å². The molecular formula is C13H17ClO3S. The monoisotopic (exact) mass is 288 g/mol. The minimum absolute atomic E-state index is 0.285. The molecule has 0 aliphatic rings. The van der Waals surface area contributed by atoms with Crippen LogP contribution in [0.3, 0.4) is 0 Å². The van der Waals surface area contributed by atoms with Crippen LogP contribution < -0.4 is 4.74 Å². The highest BCUT2D eigenvalue weighted by molar-refractivity contribution is 7.99. The molecule has 0 spiro atoms. The molecule has 100 valence electrons. The SMILES string of the molecule is CC(CSCCCOc1ccc(Cl)cc1)C(=O)O. The predicted molar refractivity (Wildman–Crippen MR) is 75.7 cm³/mol. The van der Waals surface area contributed by atoms with Crippen molar-refractivity contribution < 1.29 is 14.6 Å². The summed E-state index contributed by atoms with van der Waals surface area (Å²) in [6.45, 7) is 2.36. The van der Waals surface area contributed by atoms with E-state index >= 15 is 0 Å². The molecule has 3 nitrogen and oxygen atoms in total. The van der Waals surface area contributed by atoms with Crippen LogP contribution >= 0.6 is 23.4 Å². The molecule has 0 saturated carbocycles. The normalized spacial score (nSPS) is 12.1. The third-order valence-corrected chi connectivity index (χ3v) is 3.87. The fraction of sp³-hybridized carbons (Fsp3) is 0.462. The summed E-state index contributed by atoms with van der Waals surface area (Å²) >= 11 is 7.41. The molecule has 1 aromatic rings. The van der Waals surface area contributed by atoms with Crippen molar-refractivity contribution >= 4 is 29.3 Å². The lowest BCUT2D eigenvalue weighted by atomic mass is 10.2. The van der Waals surface area contributed by atoms with Gasteiger partial charge in [-0.15, -0.1) is 0 Å². The van der Waals surface area contributed by atoms with Crippen LogP contribution in [0.2, 0.25) is 5.02 Å². The highest BCUT2D eigenvalue weighted by Gasteiger charge is 2.09. The summed E-state index contributed by atoms with van der Waals surface area (Å²) < 4.78 is 5.53. The molecule has 5 heteroatoms. The van der Waals surface area contributed by atoms with E-state index < -0.39 is 5.97 Å². The number of benzene rings is 1. The van der Waals surface area contributed by atoms with E-state index in [2.05, 4.69) is 0 Å². The van der Waals surface area contributed by atoms with Crippen LogP contribution in [0.5, 0.6) is 5.75 Å². The second-order valence-corrected chi connectivity index (χ2v) is 5.56. The first-order chi connectivity index (χ1) is 8.59. The van der Waals surface area contributed by atoms with Gasteiger partial charge in [0, 0.05) is 10.8 Å². The molecule has 18 heavy (non-hydrogen) atoms. The predicted octanol–water partition coefficient (Wildman–Crippen LogP) is 3.56. The number of thioether (sulfide) groups is 1. The van der Waals surface area contributed by atoms with E-state index in [1.165, 1.54) is 0 Å². The summed E-state index contributed by atoms with van der Waals surface area (Å²) in [4.78, 5) is 10.6. The first-order valence-electron chi connectivity index (χ1n) is 5.78. The second-order valence-electron chi connectivity index (χ2n) is 3.97. The Labute approximate surface area is 116 Å². The van der Waals surface area contributed by atoms with Crippen molar-refractivity contribution in [3.8, 4) is 5.75 Å². The van der Waals surface area contributed by atoms with Gasteiger partial charge in [-0.3, -0.25) is 4.79 Å². The third-order valence-electron chi connectivity index (χ3n) is 2.30. The maximum atomic E-state index is 10.6. The van der Waals surface area contributed by atoms with E-state index in [-0.39, 0.29) is 5.92 Å². The van der Waals surface area contributed by atoms with Gasteiger partial charge in [-0.1, -0.05) is 18.5 Å². The molecule has 0 bridgehead atoms. The Hall–Kier alpha value is -0.870. The summed E-state index contributed by atoms with van der Waals surface area (Å²) in [6.07, 6.45) is 0.902. The first-order valence-corrected chi connectivity index (χ1v) is 7.32. The van der Waals surface area contributed by atoms with Crippen LogP contribution in [0.4, 0.5) is 0 Å². The Kier molecular flexibility index (Phi) is 6.98. The zero-order chi connectivity index (χ0) is 13.4. The van der Waals surface area contributed by atoms with Crippen molar-refractivity contribution in [1.29, 1.82) is 0 Å². The van der Waals surface area contributed by atoms with Crippen molar-refractivity contribution in [2.75, 3.05) is 18.1 Å². The van der Waals surface area contributed by atoms with Gasteiger partial charge in [0.25, 0.3) is 0 Å². The fourth-order valence-corrected chi connectivity index (χ4v) is 2.32. The molecule has 1 atom stereocenters. The molecule has 0 saturated heterocycles. The summed E-state index contributed by atoms with van der Waals surface area (Å²) in [5.41, 5.74) is 0. The number of hydrogen-bond donors (Lipinski definition) is 1. The highest BCUT2D eigenvalue weighted by atomic mass is 35.5. The Morgan fingerprint density at radius 2 is 2.11 bits per heavy atom. The number of carbonyl (C=O) groups is 1. The average molecular weight is 289 g/mol. The number of hydrogen-bond acceptors (Lipinski definition) is 3. The Morgan fingerprint density at radius 3 is 2.72 bits per heavy atom. The summed E-state index contributed by atoms with van der Waals surface area (Å²) in [5.74, 6) is 1.34. The maximum absolute atomic E-state index is 10.6. The first kappa shape index (κ1) is 15.2. The van der Waals surface area contributed by atoms with Crippen molar-refractivity contribution in [3.05, 3.63) is 29.3 Å². The maximum Gasteiger partial charge on any atom is 0.307 e. The molecule has 0 aromatic heterocycles. The molecule has 0 heterocycles. The van der Waals surface area contributed by atoms with E-state index in [1.54, 1.807) is 30.8 Å². The van der Waals surface area contributed by atoms with Crippen LogP contribution in [-0.2, 0) is 4.79 Å². The fourth-order valence-electron chi connectivity index (χ4n) is 1.21. The van der Waals surface area contributed by atoms with Crippen LogP contribution in [0, 0.1) is 5.92 Å². The van der Waals surface area contributed by atoms with Gasteiger partial charge in [-0.05, 0) is 36.4 Å². The number of ether oxygens (including phenoxy) is 1. The van der Waals surface area contributed by atoms with E-state index in [4.69, 9.17) is 21.4 Å². The Bertz CT molecular complexity index is 367. The lowest BCUT2D eigenvalue weighted by molar-refractivity contribution is -0.140. The molecule has 1 N–H and O–H groups in total. The van der Waals surface area contributed by atoms with Crippen LogP contribution in [0.1, 0.15) is 13.3 Å². The van der Waals surface area contributed by atoms with Crippen molar-refractivity contribution in [3.63, 3.8) is 0 Å². The molecule has 0 fully saturated rings. The standard InChI is InChI=1S/C13H17ClO3S/c1-10(13(15)16)9-18-8-2-7-17-12-5-3-11(14)4-6-12/h3-6,10H,2,7-9H2,1H3,(H,15,16). The lowest BCUT2D eigenvalue weighted by Gasteiger charge is -2.07. The third kappa shape index (κ3) is 6.17. The minimum atomic E-state index is -0.736. The molecule has 0 aliphatic carbocycles. The number of carboxylic acid groups (broad SMARTS) is 1. The molecule has 0 radical (unpaired) electrons. The van der Waals surface area contributed by atoms with Gasteiger partial charge in [-0.25, -0.2) is 0 Å². The van der Waals surface area contributed by atoms with Gasteiger partial charge in [0.15, 0.2) is 0 Å². The molecule has 1 unspecified atom stereocenters. The lowest BCUT2D eigenvalue weighted by Crippen LogP contribution is -2.12. The molecular weight excluding hydrogens is 272 g/mol. The summed E-state index contributed by atoms with van der Waals surface area (Å²) in [6, 6.07) is 7.25. The molecule has 0 aliphatic heterocycles. The number of aliphatic carboxylic acids is 1. The van der Waals surface area contributed by atoms with E-state index in [9.17, 15) is 4.79 Å². The largest absolute Gasteiger partial charge is 0.494 e. The summed E-state index contributed by atoms with van der Waals surface area (Å²) in [7, 11) is 0. The quantitative estimate of drug-likeness (QED) is 0.743. The van der Waals surface area contributed by atoms with Crippen LogP contribution in [0.25, 0.3) is 0 Å². The number of halogens is 1. The van der Waals surface area contributed by atoms with E-state index in [0.717, 1.165) is 17.9 Å². The second kappa shape index (κ2) is 8.27. The van der Waals surface area contributed by atoms with Gasteiger partial charge >= 0.3 is 5.97 Å².